The fraction of sp³-hybridized carbons (Fsp3) is 0.750. The van der Waals surface area contributed by atoms with E-state index in [9.17, 15) is 0 Å². The molecule has 0 radical (unpaired) electrons. The van der Waals surface area contributed by atoms with Gasteiger partial charge in [0.15, 0.2) is 5.15 Å². The monoisotopic (exact) mass is 256 g/mol. The molecule has 1 saturated heterocycles. The van der Waals surface area contributed by atoms with Crippen molar-refractivity contribution in [3.8, 4) is 0 Å². The molecule has 1 aromatic heterocycles. The van der Waals surface area contributed by atoms with Crippen LogP contribution in [0.3, 0.4) is 0 Å². The van der Waals surface area contributed by atoms with Crippen molar-refractivity contribution in [2.75, 3.05) is 11.5 Å². The zero-order chi connectivity index (χ0) is 11.0. The van der Waals surface area contributed by atoms with Crippen LogP contribution < -0.4 is 0 Å². The standard InChI is InChI=1S/C12H17ClN2S/c13-11-10-3-1-2-6-15(10)12(14-11)9-4-7-16-8-5-9/h9H,1-8H2. The Morgan fingerprint density at radius 2 is 2.06 bits per heavy atom. The first kappa shape index (κ1) is 11.0. The molecule has 2 aliphatic rings. The number of imidazole rings is 1. The zero-order valence-corrected chi connectivity index (χ0v) is 11.0. The van der Waals surface area contributed by atoms with Gasteiger partial charge in [-0.3, -0.25) is 0 Å². The van der Waals surface area contributed by atoms with E-state index in [2.05, 4.69) is 21.3 Å². The maximum Gasteiger partial charge on any atom is 0.150 e. The minimum atomic E-state index is 0.658. The number of hydrogen-bond acceptors (Lipinski definition) is 2. The van der Waals surface area contributed by atoms with Crippen molar-refractivity contribution in [1.82, 2.24) is 9.55 Å². The van der Waals surface area contributed by atoms with Gasteiger partial charge < -0.3 is 4.57 Å². The van der Waals surface area contributed by atoms with Gasteiger partial charge in [-0.15, -0.1) is 0 Å². The Bertz CT molecular complexity index is 383. The van der Waals surface area contributed by atoms with Crippen molar-refractivity contribution in [3.63, 3.8) is 0 Å². The first-order chi connectivity index (χ1) is 7.86. The summed E-state index contributed by atoms with van der Waals surface area (Å²) in [7, 11) is 0. The van der Waals surface area contributed by atoms with Gasteiger partial charge in [-0.05, 0) is 43.6 Å². The molecule has 0 aromatic carbocycles. The van der Waals surface area contributed by atoms with Crippen LogP contribution in [0.2, 0.25) is 5.15 Å². The van der Waals surface area contributed by atoms with Crippen LogP contribution >= 0.6 is 23.4 Å². The summed E-state index contributed by atoms with van der Waals surface area (Å²) in [6, 6.07) is 0. The lowest BCUT2D eigenvalue weighted by molar-refractivity contribution is 0.480. The molecule has 88 valence electrons. The van der Waals surface area contributed by atoms with Gasteiger partial charge in [0.25, 0.3) is 0 Å². The molecule has 0 unspecified atom stereocenters. The molecule has 0 bridgehead atoms. The Kier molecular flexibility index (Phi) is 3.16. The maximum absolute atomic E-state index is 6.24. The molecule has 2 aliphatic heterocycles. The number of nitrogens with zero attached hydrogens (tertiary/aromatic N) is 2. The van der Waals surface area contributed by atoms with Crippen LogP contribution in [0.4, 0.5) is 0 Å². The number of fused-ring (bicyclic) bond motifs is 1. The first-order valence-corrected chi connectivity index (χ1v) is 7.72. The van der Waals surface area contributed by atoms with Crippen LogP contribution in [0.5, 0.6) is 0 Å². The molecule has 4 heteroatoms. The number of rotatable bonds is 1. The van der Waals surface area contributed by atoms with E-state index >= 15 is 0 Å². The SMILES string of the molecule is Clc1nc(C2CCSCC2)n2c1CCCC2. The quantitative estimate of drug-likeness (QED) is 0.766. The molecule has 1 fully saturated rings. The van der Waals surface area contributed by atoms with Crippen molar-refractivity contribution in [2.24, 2.45) is 0 Å². The third-order valence-corrected chi connectivity index (χ3v) is 5.04. The summed E-state index contributed by atoms with van der Waals surface area (Å²) in [6.45, 7) is 1.13. The average Bonchev–Trinajstić information content (AvgIpc) is 2.69. The van der Waals surface area contributed by atoms with Gasteiger partial charge in [0.1, 0.15) is 5.82 Å². The van der Waals surface area contributed by atoms with Crippen LogP contribution in [0.15, 0.2) is 0 Å². The van der Waals surface area contributed by atoms with E-state index in [1.165, 1.54) is 48.7 Å². The van der Waals surface area contributed by atoms with Gasteiger partial charge >= 0.3 is 0 Å². The van der Waals surface area contributed by atoms with E-state index in [1.54, 1.807) is 0 Å². The van der Waals surface area contributed by atoms with Crippen molar-refractivity contribution in [3.05, 3.63) is 16.7 Å². The van der Waals surface area contributed by atoms with Crippen LogP contribution in [-0.4, -0.2) is 21.1 Å². The summed E-state index contributed by atoms with van der Waals surface area (Å²) in [5.41, 5.74) is 1.29. The fourth-order valence-electron chi connectivity index (χ4n) is 2.79. The van der Waals surface area contributed by atoms with Gasteiger partial charge in [-0.1, -0.05) is 11.6 Å². The molecule has 0 amide bonds. The Morgan fingerprint density at radius 1 is 1.25 bits per heavy atom. The summed E-state index contributed by atoms with van der Waals surface area (Å²) in [4.78, 5) is 4.64. The van der Waals surface area contributed by atoms with E-state index in [1.807, 2.05) is 0 Å². The van der Waals surface area contributed by atoms with Crippen molar-refractivity contribution in [1.29, 1.82) is 0 Å². The lowest BCUT2D eigenvalue weighted by atomic mass is 10.0. The second-order valence-electron chi connectivity index (χ2n) is 4.70. The Hall–Kier alpha value is -0.150. The lowest BCUT2D eigenvalue weighted by Gasteiger charge is -2.24. The normalized spacial score (nSPS) is 22.1. The minimum Gasteiger partial charge on any atom is -0.330 e. The van der Waals surface area contributed by atoms with Crippen molar-refractivity contribution >= 4 is 23.4 Å². The van der Waals surface area contributed by atoms with E-state index in [0.717, 1.165) is 18.1 Å². The van der Waals surface area contributed by atoms with Gasteiger partial charge in [0.2, 0.25) is 0 Å². The van der Waals surface area contributed by atoms with Gasteiger partial charge in [0, 0.05) is 12.5 Å². The molecule has 0 atom stereocenters. The lowest BCUT2D eigenvalue weighted by Crippen LogP contribution is -2.18. The number of aromatic nitrogens is 2. The van der Waals surface area contributed by atoms with E-state index in [-0.39, 0.29) is 0 Å². The minimum absolute atomic E-state index is 0.658. The Balaban J connectivity index is 1.93. The van der Waals surface area contributed by atoms with Crippen molar-refractivity contribution < 1.29 is 0 Å². The van der Waals surface area contributed by atoms with E-state index in [0.29, 0.717) is 5.92 Å². The smallest absolute Gasteiger partial charge is 0.150 e. The van der Waals surface area contributed by atoms with Gasteiger partial charge in [0.05, 0.1) is 5.69 Å². The number of hydrogen-bond donors (Lipinski definition) is 0. The van der Waals surface area contributed by atoms with Crippen LogP contribution in [0, 0.1) is 0 Å². The highest BCUT2D eigenvalue weighted by Crippen LogP contribution is 2.34. The Morgan fingerprint density at radius 3 is 2.88 bits per heavy atom. The molecule has 0 aliphatic carbocycles. The molecule has 0 N–H and O–H groups in total. The second kappa shape index (κ2) is 4.61. The molecular formula is C12H17ClN2S. The van der Waals surface area contributed by atoms with Crippen LogP contribution in [0.1, 0.15) is 43.1 Å². The largest absolute Gasteiger partial charge is 0.330 e. The summed E-state index contributed by atoms with van der Waals surface area (Å²) in [5.74, 6) is 4.50. The number of thioether (sulfide) groups is 1. The van der Waals surface area contributed by atoms with Crippen LogP contribution in [0.25, 0.3) is 0 Å². The third-order valence-electron chi connectivity index (χ3n) is 3.68. The molecule has 0 saturated carbocycles. The van der Waals surface area contributed by atoms with E-state index in [4.69, 9.17) is 11.6 Å². The highest BCUT2D eigenvalue weighted by Gasteiger charge is 2.25. The molecule has 1 aromatic rings. The van der Waals surface area contributed by atoms with Gasteiger partial charge in [-0.25, -0.2) is 4.98 Å². The van der Waals surface area contributed by atoms with Crippen molar-refractivity contribution in [2.45, 2.75) is 44.6 Å². The zero-order valence-electron chi connectivity index (χ0n) is 9.41. The molecule has 3 rings (SSSR count). The fourth-order valence-corrected chi connectivity index (χ4v) is 4.18. The molecule has 3 heterocycles. The predicted molar refractivity (Wildman–Crippen MR) is 69.5 cm³/mol. The predicted octanol–water partition coefficient (Wildman–Crippen LogP) is 3.48. The third kappa shape index (κ3) is 1.88. The summed E-state index contributed by atoms with van der Waals surface area (Å²) < 4.78 is 2.41. The number of halogens is 1. The van der Waals surface area contributed by atoms with Crippen LogP contribution in [-0.2, 0) is 13.0 Å². The second-order valence-corrected chi connectivity index (χ2v) is 6.29. The average molecular weight is 257 g/mol. The summed E-state index contributed by atoms with van der Waals surface area (Å²) in [6.07, 6.45) is 6.22. The van der Waals surface area contributed by atoms with Gasteiger partial charge in [-0.2, -0.15) is 11.8 Å². The summed E-state index contributed by atoms with van der Waals surface area (Å²) >= 11 is 8.31. The highest BCUT2D eigenvalue weighted by atomic mass is 35.5. The topological polar surface area (TPSA) is 17.8 Å². The maximum atomic E-state index is 6.24. The molecule has 16 heavy (non-hydrogen) atoms. The summed E-state index contributed by atoms with van der Waals surface area (Å²) in [5, 5.41) is 0.771. The highest BCUT2D eigenvalue weighted by molar-refractivity contribution is 7.99. The molecular weight excluding hydrogens is 240 g/mol. The Labute approximate surface area is 106 Å². The molecule has 2 nitrogen and oxygen atoms in total. The molecule has 0 spiro atoms. The first-order valence-electron chi connectivity index (χ1n) is 6.19. The van der Waals surface area contributed by atoms with E-state index < -0.39 is 0 Å².